The number of benzene rings is 2. The average molecular weight is 477 g/mol. The summed E-state index contributed by atoms with van der Waals surface area (Å²) in [7, 11) is 0. The number of nitrogens with zero attached hydrogens (tertiary/aromatic N) is 1. The quantitative estimate of drug-likeness (QED) is 0.339. The highest BCUT2D eigenvalue weighted by molar-refractivity contribution is 5.94. The van der Waals surface area contributed by atoms with Crippen molar-refractivity contribution in [2.45, 2.75) is 19.6 Å². The maximum absolute atomic E-state index is 14.9. The van der Waals surface area contributed by atoms with Crippen LogP contribution in [0.4, 0.5) is 8.78 Å². The van der Waals surface area contributed by atoms with Gasteiger partial charge in [-0.2, -0.15) is 0 Å². The van der Waals surface area contributed by atoms with Gasteiger partial charge in [-0.25, -0.2) is 8.78 Å². The number of rotatable bonds is 11. The number of ether oxygens (including phenoxy) is 3. The third-order valence-corrected chi connectivity index (χ3v) is 5.40. The maximum Gasteiger partial charge on any atom is 0.254 e. The third-order valence-electron chi connectivity index (χ3n) is 5.40. The molecule has 3 rings (SSSR count). The van der Waals surface area contributed by atoms with Crippen LogP contribution in [0.3, 0.4) is 0 Å². The molecule has 34 heavy (non-hydrogen) atoms. The minimum atomic E-state index is -1.45. The number of halogens is 2. The molecular weight excluding hydrogens is 446 g/mol. The number of carbonyl (C=O) groups excluding carboxylic acids is 1. The van der Waals surface area contributed by atoms with Crippen LogP contribution in [0.15, 0.2) is 36.4 Å². The lowest BCUT2D eigenvalue weighted by Crippen LogP contribution is -2.38. The molecule has 1 fully saturated rings. The molecule has 8 nitrogen and oxygen atoms in total. The van der Waals surface area contributed by atoms with Crippen molar-refractivity contribution < 1.29 is 27.8 Å². The Bertz CT molecular complexity index is 958. The van der Waals surface area contributed by atoms with Crippen molar-refractivity contribution in [2.75, 3.05) is 46.1 Å². The molecule has 0 bridgehead atoms. The zero-order valence-electron chi connectivity index (χ0n) is 19.1. The Morgan fingerprint density at radius 1 is 1.21 bits per heavy atom. The van der Waals surface area contributed by atoms with Gasteiger partial charge in [-0.15, -0.1) is 0 Å². The topological polar surface area (TPSA) is 110 Å². The number of carbonyl (C=O) groups is 1. The van der Waals surface area contributed by atoms with Crippen molar-refractivity contribution in [2.24, 2.45) is 5.73 Å². The molecule has 2 aromatic carbocycles. The van der Waals surface area contributed by atoms with Crippen LogP contribution in [0.1, 0.15) is 29.7 Å². The number of hydrogen-bond acceptors (Lipinski definition) is 6. The summed E-state index contributed by atoms with van der Waals surface area (Å²) in [4.78, 5) is 14.9. The molecule has 1 amide bonds. The van der Waals surface area contributed by atoms with E-state index in [9.17, 15) is 13.6 Å². The summed E-state index contributed by atoms with van der Waals surface area (Å²) in [6.45, 7) is 5.62. The van der Waals surface area contributed by atoms with Crippen LogP contribution in [-0.4, -0.2) is 62.7 Å². The lowest BCUT2D eigenvalue weighted by atomic mass is 10.1. The smallest absolute Gasteiger partial charge is 0.254 e. The lowest BCUT2D eigenvalue weighted by Gasteiger charge is -2.26. The van der Waals surface area contributed by atoms with Crippen LogP contribution in [0.25, 0.3) is 0 Å². The number of nitrogens with one attached hydrogen (secondary N) is 2. The Morgan fingerprint density at radius 3 is 2.44 bits per heavy atom. The molecule has 2 aromatic rings. The lowest BCUT2D eigenvalue weighted by molar-refractivity contribution is -0.133. The van der Waals surface area contributed by atoms with Crippen LogP contribution in [0, 0.1) is 17.0 Å². The Balaban J connectivity index is 1.63. The van der Waals surface area contributed by atoms with Crippen LogP contribution in [-0.2, 0) is 20.8 Å². The number of amidine groups is 1. The Hall–Kier alpha value is -3.08. The first-order chi connectivity index (χ1) is 16.4. The van der Waals surface area contributed by atoms with Gasteiger partial charge in [0.25, 0.3) is 5.91 Å². The monoisotopic (exact) mass is 476 g/mol. The summed E-state index contributed by atoms with van der Waals surface area (Å²) in [6.07, 6.45) is -1.45. The molecule has 0 aromatic heterocycles. The SMILES string of the molecule is CCOC(C(=O)NCc1ccc(C(=N)N)cc1)c1c(F)cc(OCCN2CCOCC2)cc1F. The van der Waals surface area contributed by atoms with Gasteiger partial charge >= 0.3 is 0 Å². The molecule has 0 radical (unpaired) electrons. The fourth-order valence-electron chi connectivity index (χ4n) is 3.55. The molecule has 4 N–H and O–H groups in total. The van der Waals surface area contributed by atoms with E-state index in [-0.39, 0.29) is 31.3 Å². The minimum Gasteiger partial charge on any atom is -0.492 e. The van der Waals surface area contributed by atoms with Crippen LogP contribution >= 0.6 is 0 Å². The van der Waals surface area contributed by atoms with Gasteiger partial charge in [0.1, 0.15) is 29.8 Å². The number of nitrogen functional groups attached to an aromatic ring is 1. The van der Waals surface area contributed by atoms with Gasteiger partial charge in [0.2, 0.25) is 0 Å². The number of nitrogens with two attached hydrogens (primary N) is 1. The summed E-state index contributed by atoms with van der Waals surface area (Å²) in [5.74, 6) is -2.52. The molecule has 184 valence electrons. The maximum atomic E-state index is 14.9. The van der Waals surface area contributed by atoms with Gasteiger partial charge in [0.15, 0.2) is 6.10 Å². The Kier molecular flexibility index (Phi) is 9.32. The second-order valence-corrected chi connectivity index (χ2v) is 7.77. The number of amides is 1. The highest BCUT2D eigenvalue weighted by Gasteiger charge is 2.28. The summed E-state index contributed by atoms with van der Waals surface area (Å²) in [5.41, 5.74) is 6.26. The zero-order chi connectivity index (χ0) is 24.5. The second-order valence-electron chi connectivity index (χ2n) is 7.77. The molecule has 1 atom stereocenters. The van der Waals surface area contributed by atoms with E-state index in [1.54, 1.807) is 31.2 Å². The first-order valence-corrected chi connectivity index (χ1v) is 11.1. The molecule has 1 heterocycles. The minimum absolute atomic E-state index is 0.0493. The van der Waals surface area contributed by atoms with Crippen molar-refractivity contribution in [1.29, 1.82) is 5.41 Å². The van der Waals surface area contributed by atoms with Crippen LogP contribution in [0.2, 0.25) is 0 Å². The zero-order valence-corrected chi connectivity index (χ0v) is 19.1. The Labute approximate surface area is 197 Å². The first-order valence-electron chi connectivity index (χ1n) is 11.1. The van der Waals surface area contributed by atoms with Crippen molar-refractivity contribution in [3.63, 3.8) is 0 Å². The largest absolute Gasteiger partial charge is 0.492 e. The van der Waals surface area contributed by atoms with Gasteiger partial charge in [0.05, 0.1) is 18.8 Å². The average Bonchev–Trinajstić information content (AvgIpc) is 2.82. The van der Waals surface area contributed by atoms with Crippen molar-refractivity contribution in [1.82, 2.24) is 10.2 Å². The number of morpholine rings is 1. The van der Waals surface area contributed by atoms with E-state index < -0.39 is 29.2 Å². The van der Waals surface area contributed by atoms with Crippen LogP contribution in [0.5, 0.6) is 5.75 Å². The van der Waals surface area contributed by atoms with E-state index in [0.717, 1.165) is 30.8 Å². The molecule has 1 saturated heterocycles. The second kappa shape index (κ2) is 12.4. The summed E-state index contributed by atoms with van der Waals surface area (Å²) >= 11 is 0. The molecule has 10 heteroatoms. The van der Waals surface area contributed by atoms with E-state index in [2.05, 4.69) is 10.2 Å². The van der Waals surface area contributed by atoms with E-state index in [1.807, 2.05) is 0 Å². The summed E-state index contributed by atoms with van der Waals surface area (Å²) in [6, 6.07) is 8.85. The molecule has 1 aliphatic rings. The van der Waals surface area contributed by atoms with E-state index >= 15 is 0 Å². The predicted molar refractivity (Wildman–Crippen MR) is 123 cm³/mol. The molecule has 1 unspecified atom stereocenters. The molecular formula is C24H30F2N4O4. The molecule has 0 spiro atoms. The first kappa shape index (κ1) is 25.5. The molecule has 0 saturated carbocycles. The summed E-state index contributed by atoms with van der Waals surface area (Å²) in [5, 5.41) is 10.1. The van der Waals surface area contributed by atoms with E-state index in [4.69, 9.17) is 25.4 Å². The standard InChI is InChI=1S/C24H30F2N4O4/c1-2-33-22(24(31)29-15-16-3-5-17(6-4-16)23(27)28)21-19(25)13-18(14-20(21)26)34-12-9-30-7-10-32-11-8-30/h3-6,13-14,22H,2,7-12,15H2,1H3,(H3,27,28)(H,29,31). The van der Waals surface area contributed by atoms with E-state index in [1.165, 1.54) is 0 Å². The van der Waals surface area contributed by atoms with Gasteiger partial charge in [-0.3, -0.25) is 15.1 Å². The summed E-state index contributed by atoms with van der Waals surface area (Å²) < 4.78 is 46.0. The highest BCUT2D eigenvalue weighted by Crippen LogP contribution is 2.28. The normalized spacial score (nSPS) is 15.0. The van der Waals surface area contributed by atoms with Gasteiger partial charge < -0.3 is 25.3 Å². The van der Waals surface area contributed by atoms with Crippen molar-refractivity contribution in [3.8, 4) is 5.75 Å². The van der Waals surface area contributed by atoms with E-state index in [0.29, 0.717) is 25.3 Å². The number of hydrogen-bond donors (Lipinski definition) is 3. The Morgan fingerprint density at radius 2 is 1.85 bits per heavy atom. The van der Waals surface area contributed by atoms with Gasteiger partial charge in [-0.05, 0) is 12.5 Å². The fraction of sp³-hybridized carbons (Fsp3) is 0.417. The molecule has 1 aliphatic heterocycles. The molecule has 0 aliphatic carbocycles. The predicted octanol–water partition coefficient (Wildman–Crippen LogP) is 2.35. The van der Waals surface area contributed by atoms with Crippen molar-refractivity contribution in [3.05, 3.63) is 64.7 Å². The highest BCUT2D eigenvalue weighted by atomic mass is 19.1. The van der Waals surface area contributed by atoms with Crippen molar-refractivity contribution >= 4 is 11.7 Å². The third kappa shape index (κ3) is 6.96. The van der Waals surface area contributed by atoms with Crippen LogP contribution < -0.4 is 15.8 Å². The van der Waals surface area contributed by atoms with Gasteiger partial charge in [0, 0.05) is 50.5 Å². The van der Waals surface area contributed by atoms with Gasteiger partial charge in [-0.1, -0.05) is 24.3 Å². The fourth-order valence-corrected chi connectivity index (χ4v) is 3.55.